The van der Waals surface area contributed by atoms with Gasteiger partial charge in [-0.3, -0.25) is 37.3 Å². The molecule has 0 aromatic heterocycles. The Labute approximate surface area is 613 Å². The van der Waals surface area contributed by atoms with Gasteiger partial charge < -0.3 is 33.8 Å². The van der Waals surface area contributed by atoms with Gasteiger partial charge in [-0.15, -0.1) is 0 Å². The number of carbonyl (C=O) groups excluding carboxylic acids is 4. The molecule has 19 heteroatoms. The van der Waals surface area contributed by atoms with Gasteiger partial charge in [0.1, 0.15) is 19.3 Å². The molecule has 0 aliphatic rings. The minimum atomic E-state index is -4.96. The van der Waals surface area contributed by atoms with E-state index < -0.39 is 97.5 Å². The monoisotopic (exact) mass is 1470 g/mol. The maximum atomic E-state index is 13.1. The number of ether oxygens (including phenoxy) is 4. The smallest absolute Gasteiger partial charge is 0.462 e. The molecule has 17 nitrogen and oxygen atoms in total. The topological polar surface area (TPSA) is 237 Å². The van der Waals surface area contributed by atoms with Crippen molar-refractivity contribution in [2.75, 3.05) is 39.6 Å². The summed E-state index contributed by atoms with van der Waals surface area (Å²) in [6.07, 6.45) is 59.6. The number of aliphatic hydroxyl groups is 1. The quantitative estimate of drug-likeness (QED) is 0.0222. The number of hydrogen-bond acceptors (Lipinski definition) is 15. The van der Waals surface area contributed by atoms with Gasteiger partial charge in [-0.25, -0.2) is 9.13 Å². The molecular formula is C81H158O17P2. The number of phosphoric acid groups is 2. The van der Waals surface area contributed by atoms with Crippen molar-refractivity contribution in [3.63, 3.8) is 0 Å². The Hall–Kier alpha value is -1.94. The van der Waals surface area contributed by atoms with Crippen molar-refractivity contribution in [3.8, 4) is 0 Å². The van der Waals surface area contributed by atoms with Gasteiger partial charge in [0.15, 0.2) is 12.2 Å². The summed E-state index contributed by atoms with van der Waals surface area (Å²) in [4.78, 5) is 73.0. The molecule has 0 aromatic rings. The normalized spacial score (nSPS) is 14.2. The Bertz CT molecular complexity index is 1940. The summed E-state index contributed by atoms with van der Waals surface area (Å²) in [5.41, 5.74) is 0. The number of carbonyl (C=O) groups is 4. The molecule has 3 unspecified atom stereocenters. The van der Waals surface area contributed by atoms with Crippen LogP contribution in [0.15, 0.2) is 0 Å². The van der Waals surface area contributed by atoms with Gasteiger partial charge in [-0.05, 0) is 43.4 Å². The highest BCUT2D eigenvalue weighted by molar-refractivity contribution is 7.47. The van der Waals surface area contributed by atoms with Crippen molar-refractivity contribution in [3.05, 3.63) is 0 Å². The molecule has 0 aromatic carbocycles. The number of hydrogen-bond donors (Lipinski definition) is 3. The van der Waals surface area contributed by atoms with Crippen LogP contribution in [-0.4, -0.2) is 96.7 Å². The molecule has 6 atom stereocenters. The molecule has 0 fully saturated rings. The molecule has 0 radical (unpaired) electrons. The number of phosphoric ester groups is 2. The molecule has 0 heterocycles. The second-order valence-corrected chi connectivity index (χ2v) is 33.3. The molecule has 0 saturated carbocycles. The van der Waals surface area contributed by atoms with Crippen LogP contribution in [0.4, 0.5) is 0 Å². The highest BCUT2D eigenvalue weighted by atomic mass is 31.2. The van der Waals surface area contributed by atoms with Crippen LogP contribution in [-0.2, 0) is 65.4 Å². The van der Waals surface area contributed by atoms with Crippen molar-refractivity contribution in [2.24, 2.45) is 17.8 Å². The first kappa shape index (κ1) is 98.1. The Kier molecular flexibility index (Phi) is 69.9. The second-order valence-electron chi connectivity index (χ2n) is 30.4. The molecule has 0 aliphatic carbocycles. The molecule has 3 N–H and O–H groups in total. The number of aliphatic hydroxyl groups excluding tert-OH is 1. The van der Waals surface area contributed by atoms with Crippen molar-refractivity contribution < 1.29 is 80.2 Å². The van der Waals surface area contributed by atoms with Crippen molar-refractivity contribution in [1.29, 1.82) is 0 Å². The molecule has 0 rings (SSSR count). The molecule has 100 heavy (non-hydrogen) atoms. The fraction of sp³-hybridized carbons (Fsp3) is 0.951. The van der Waals surface area contributed by atoms with E-state index in [1.807, 2.05) is 0 Å². The zero-order valence-corrected chi connectivity index (χ0v) is 67.5. The third kappa shape index (κ3) is 73.0. The maximum absolute atomic E-state index is 13.1. The minimum Gasteiger partial charge on any atom is -0.462 e. The Morgan fingerprint density at radius 3 is 0.760 bits per heavy atom. The van der Waals surface area contributed by atoms with E-state index in [0.717, 1.165) is 108 Å². The average molecular weight is 1470 g/mol. The molecule has 0 amide bonds. The maximum Gasteiger partial charge on any atom is 0.472 e. The van der Waals surface area contributed by atoms with E-state index in [0.29, 0.717) is 25.7 Å². The van der Waals surface area contributed by atoms with E-state index in [4.69, 9.17) is 37.0 Å². The summed E-state index contributed by atoms with van der Waals surface area (Å²) in [6.45, 7) is 12.0. The highest BCUT2D eigenvalue weighted by Gasteiger charge is 2.30. The SMILES string of the molecule is CCCCCCCCCCCCCCCCCCCCC(=O)O[C@H](COC(=O)CCCCCCCCCCCCCCCCC(C)C)COP(=O)(O)OC[C@@H](O)COP(=O)(O)OC[C@@H](COC(=O)CCCCCCCCCCC(C)C)OC(=O)CCCCCCCCCCCCC(C)CC. The zero-order chi connectivity index (χ0) is 73.7. The first-order valence-corrected chi connectivity index (χ1v) is 44.9. The van der Waals surface area contributed by atoms with Gasteiger partial charge in [0.05, 0.1) is 26.4 Å². The average Bonchev–Trinajstić information content (AvgIpc) is 0.948. The van der Waals surface area contributed by atoms with Crippen molar-refractivity contribution >= 4 is 39.5 Å². The van der Waals surface area contributed by atoms with Gasteiger partial charge in [0.25, 0.3) is 0 Å². The third-order valence-corrected chi connectivity index (χ3v) is 21.1. The molecule has 0 saturated heterocycles. The number of esters is 4. The van der Waals surface area contributed by atoms with Gasteiger partial charge >= 0.3 is 39.5 Å². The van der Waals surface area contributed by atoms with Gasteiger partial charge in [-0.1, -0.05) is 370 Å². The summed E-state index contributed by atoms with van der Waals surface area (Å²) in [7, 11) is -9.92. The fourth-order valence-corrected chi connectivity index (χ4v) is 14.0. The summed E-state index contributed by atoms with van der Waals surface area (Å²) < 4.78 is 68.7. The Balaban J connectivity index is 5.26. The number of unbranched alkanes of at least 4 members (excludes halogenated alkanes) is 46. The first-order chi connectivity index (χ1) is 48.3. The lowest BCUT2D eigenvalue weighted by Gasteiger charge is -2.21. The zero-order valence-electron chi connectivity index (χ0n) is 65.7. The highest BCUT2D eigenvalue weighted by Crippen LogP contribution is 2.45. The summed E-state index contributed by atoms with van der Waals surface area (Å²) >= 11 is 0. The largest absolute Gasteiger partial charge is 0.472 e. The van der Waals surface area contributed by atoms with Crippen LogP contribution in [0.2, 0.25) is 0 Å². The molecular weight excluding hydrogens is 1310 g/mol. The minimum absolute atomic E-state index is 0.106. The fourth-order valence-electron chi connectivity index (χ4n) is 12.5. The van der Waals surface area contributed by atoms with Gasteiger partial charge in [0.2, 0.25) is 0 Å². The van der Waals surface area contributed by atoms with E-state index in [1.165, 1.54) is 231 Å². The second kappa shape index (κ2) is 71.3. The first-order valence-electron chi connectivity index (χ1n) is 41.9. The Morgan fingerprint density at radius 2 is 0.510 bits per heavy atom. The third-order valence-electron chi connectivity index (χ3n) is 19.2. The van der Waals surface area contributed by atoms with Crippen LogP contribution in [0.1, 0.15) is 421 Å². The Morgan fingerprint density at radius 1 is 0.290 bits per heavy atom. The van der Waals surface area contributed by atoms with Crippen LogP contribution in [0.3, 0.4) is 0 Å². The van der Waals surface area contributed by atoms with E-state index in [-0.39, 0.29) is 25.7 Å². The molecule has 0 aliphatic heterocycles. The van der Waals surface area contributed by atoms with Gasteiger partial charge in [-0.2, -0.15) is 0 Å². The predicted octanol–water partition coefficient (Wildman–Crippen LogP) is 24.1. The van der Waals surface area contributed by atoms with Gasteiger partial charge in [0, 0.05) is 25.7 Å². The lowest BCUT2D eigenvalue weighted by Crippen LogP contribution is -2.30. The molecule has 0 spiro atoms. The number of rotatable bonds is 79. The van der Waals surface area contributed by atoms with Crippen LogP contribution < -0.4 is 0 Å². The predicted molar refractivity (Wildman–Crippen MR) is 409 cm³/mol. The summed E-state index contributed by atoms with van der Waals surface area (Å²) in [5, 5.41) is 10.6. The standard InChI is InChI=1S/C81H158O17P2/c1-8-10-11-12-13-14-15-16-17-18-19-20-25-28-34-43-50-57-64-80(85)97-76(68-91-78(83)62-55-48-41-33-27-24-22-21-23-26-31-38-45-52-59-72(3)4)70-95-99(87,88)93-66-75(82)67-94-100(89,90)96-71-77(69-92-79(84)63-56-49-42-37-36-39-46-53-60-73(5)6)98-81(86)65-58-51-44-35-30-29-32-40-47-54-61-74(7)9-2/h72-77,82H,8-71H2,1-7H3,(H,87,88)(H,89,90)/t74?,75-,76-,77-/m1/s1. The lowest BCUT2D eigenvalue weighted by molar-refractivity contribution is -0.161. The van der Waals surface area contributed by atoms with E-state index >= 15 is 0 Å². The lowest BCUT2D eigenvalue weighted by atomic mass is 9.99. The molecule has 594 valence electrons. The van der Waals surface area contributed by atoms with E-state index in [2.05, 4.69) is 48.5 Å². The van der Waals surface area contributed by atoms with E-state index in [9.17, 15) is 43.2 Å². The van der Waals surface area contributed by atoms with Crippen LogP contribution in [0.25, 0.3) is 0 Å². The molecule has 0 bridgehead atoms. The summed E-state index contributed by atoms with van der Waals surface area (Å²) in [6, 6.07) is 0. The summed E-state index contributed by atoms with van der Waals surface area (Å²) in [5.74, 6) is 0.218. The van der Waals surface area contributed by atoms with Crippen LogP contribution in [0.5, 0.6) is 0 Å². The van der Waals surface area contributed by atoms with Crippen LogP contribution >= 0.6 is 15.6 Å². The van der Waals surface area contributed by atoms with Crippen LogP contribution in [0, 0.1) is 17.8 Å². The van der Waals surface area contributed by atoms with E-state index in [1.54, 1.807) is 0 Å². The van der Waals surface area contributed by atoms with Crippen molar-refractivity contribution in [2.45, 2.75) is 439 Å². The van der Waals surface area contributed by atoms with Crippen molar-refractivity contribution in [1.82, 2.24) is 0 Å².